The fourth-order valence-corrected chi connectivity index (χ4v) is 1.66. The van der Waals surface area contributed by atoms with E-state index in [4.69, 9.17) is 5.11 Å². The Balaban J connectivity index is 1.89. The Morgan fingerprint density at radius 1 is 1.25 bits per heavy atom. The van der Waals surface area contributed by atoms with E-state index in [1.165, 1.54) is 0 Å². The highest BCUT2D eigenvalue weighted by Gasteiger charge is 2.08. The van der Waals surface area contributed by atoms with Crippen LogP contribution in [0.15, 0.2) is 48.3 Å². The smallest absolute Gasteiger partial charge is 0.120 e. The zero-order valence-electron chi connectivity index (χ0n) is 8.93. The Morgan fingerprint density at radius 3 is 2.75 bits per heavy atom. The lowest BCUT2D eigenvalue weighted by Gasteiger charge is -2.16. The molecule has 84 valence electrons. The van der Waals surface area contributed by atoms with Gasteiger partial charge in [-0.1, -0.05) is 24.3 Å². The van der Waals surface area contributed by atoms with E-state index in [9.17, 15) is 5.11 Å². The van der Waals surface area contributed by atoms with Crippen molar-refractivity contribution < 1.29 is 10.2 Å². The summed E-state index contributed by atoms with van der Waals surface area (Å²) in [5.74, 6) is 0.633. The van der Waals surface area contributed by atoms with E-state index in [0.717, 1.165) is 12.0 Å². The second-order valence-electron chi connectivity index (χ2n) is 3.84. The van der Waals surface area contributed by atoms with Gasteiger partial charge < -0.3 is 15.5 Å². The molecule has 1 aromatic carbocycles. The van der Waals surface area contributed by atoms with Gasteiger partial charge >= 0.3 is 0 Å². The standard InChI is InChI=1S/C13H15NO2/c15-12-7-5-11(6-8-12)14-9-10-3-1-2-4-13(10)16/h1-5,7-8,11,14-16H,6,9H2. The molecule has 3 heteroatoms. The van der Waals surface area contributed by atoms with Crippen molar-refractivity contribution in [3.8, 4) is 5.75 Å². The number of hydrogen-bond donors (Lipinski definition) is 3. The van der Waals surface area contributed by atoms with Gasteiger partial charge in [0.25, 0.3) is 0 Å². The molecule has 1 aromatic rings. The predicted octanol–water partition coefficient (Wildman–Crippen LogP) is 2.25. The van der Waals surface area contributed by atoms with Gasteiger partial charge in [-0.3, -0.25) is 0 Å². The van der Waals surface area contributed by atoms with Crippen molar-refractivity contribution in [2.45, 2.75) is 19.0 Å². The van der Waals surface area contributed by atoms with E-state index < -0.39 is 0 Å². The average molecular weight is 217 g/mol. The fraction of sp³-hybridized carbons (Fsp3) is 0.231. The fourth-order valence-electron chi connectivity index (χ4n) is 1.66. The maximum absolute atomic E-state index is 9.57. The molecular formula is C13H15NO2. The van der Waals surface area contributed by atoms with E-state index in [-0.39, 0.29) is 6.04 Å². The first-order chi connectivity index (χ1) is 7.75. The first-order valence-electron chi connectivity index (χ1n) is 5.33. The van der Waals surface area contributed by atoms with Gasteiger partial charge in [0.2, 0.25) is 0 Å². The average Bonchev–Trinajstić information content (AvgIpc) is 2.30. The van der Waals surface area contributed by atoms with Crippen LogP contribution in [0.25, 0.3) is 0 Å². The number of aliphatic hydroxyl groups is 1. The van der Waals surface area contributed by atoms with Crippen molar-refractivity contribution in [3.63, 3.8) is 0 Å². The summed E-state index contributed by atoms with van der Waals surface area (Å²) in [6, 6.07) is 7.50. The SMILES string of the molecule is OC1=CCC(NCc2ccccc2O)C=C1. The van der Waals surface area contributed by atoms with Crippen LogP contribution in [0.3, 0.4) is 0 Å². The summed E-state index contributed by atoms with van der Waals surface area (Å²) in [7, 11) is 0. The summed E-state index contributed by atoms with van der Waals surface area (Å²) in [5.41, 5.74) is 0.884. The Bertz CT molecular complexity index is 424. The molecular weight excluding hydrogens is 202 g/mol. The summed E-state index contributed by atoms with van der Waals surface area (Å²) in [4.78, 5) is 0. The monoisotopic (exact) mass is 217 g/mol. The number of aromatic hydroxyl groups is 1. The second kappa shape index (κ2) is 4.86. The lowest BCUT2D eigenvalue weighted by molar-refractivity contribution is 0.420. The molecule has 1 aliphatic rings. The Hall–Kier alpha value is -1.74. The maximum atomic E-state index is 9.57. The summed E-state index contributed by atoms with van der Waals surface area (Å²) in [6.07, 6.45) is 6.17. The van der Waals surface area contributed by atoms with E-state index >= 15 is 0 Å². The Labute approximate surface area is 94.7 Å². The quantitative estimate of drug-likeness (QED) is 0.728. The first-order valence-corrected chi connectivity index (χ1v) is 5.33. The molecule has 0 heterocycles. The summed E-state index contributed by atoms with van der Waals surface area (Å²) >= 11 is 0. The van der Waals surface area contributed by atoms with E-state index in [0.29, 0.717) is 18.1 Å². The molecule has 1 atom stereocenters. The number of aliphatic hydroxyl groups excluding tert-OH is 1. The zero-order chi connectivity index (χ0) is 11.4. The molecule has 0 bridgehead atoms. The maximum Gasteiger partial charge on any atom is 0.120 e. The lowest BCUT2D eigenvalue weighted by Crippen LogP contribution is -2.27. The zero-order valence-corrected chi connectivity index (χ0v) is 8.93. The number of benzene rings is 1. The number of allylic oxidation sites excluding steroid dienone is 1. The van der Waals surface area contributed by atoms with Gasteiger partial charge in [0.05, 0.1) is 0 Å². The molecule has 2 rings (SSSR count). The molecule has 3 N–H and O–H groups in total. The minimum Gasteiger partial charge on any atom is -0.508 e. The van der Waals surface area contributed by atoms with Gasteiger partial charge in [-0.05, 0) is 24.6 Å². The third kappa shape index (κ3) is 2.64. The summed E-state index contributed by atoms with van der Waals surface area (Å²) in [5, 5.41) is 22.0. The van der Waals surface area contributed by atoms with Crippen molar-refractivity contribution in [1.82, 2.24) is 5.32 Å². The molecule has 16 heavy (non-hydrogen) atoms. The molecule has 0 saturated carbocycles. The van der Waals surface area contributed by atoms with Crippen LogP contribution in [0.4, 0.5) is 0 Å². The predicted molar refractivity (Wildman–Crippen MR) is 63.2 cm³/mol. The number of rotatable bonds is 3. The van der Waals surface area contributed by atoms with Crippen LogP contribution in [0.2, 0.25) is 0 Å². The lowest BCUT2D eigenvalue weighted by atomic mass is 10.1. The van der Waals surface area contributed by atoms with E-state index in [1.807, 2.05) is 18.2 Å². The highest BCUT2D eigenvalue weighted by molar-refractivity contribution is 5.31. The number of nitrogens with one attached hydrogen (secondary N) is 1. The van der Waals surface area contributed by atoms with Crippen LogP contribution in [0, 0.1) is 0 Å². The second-order valence-corrected chi connectivity index (χ2v) is 3.84. The molecule has 1 aliphatic carbocycles. The molecule has 0 aromatic heterocycles. The number of phenols is 1. The number of hydrogen-bond acceptors (Lipinski definition) is 3. The van der Waals surface area contributed by atoms with Crippen LogP contribution in [-0.4, -0.2) is 16.3 Å². The molecule has 1 unspecified atom stereocenters. The van der Waals surface area contributed by atoms with Crippen LogP contribution in [0.1, 0.15) is 12.0 Å². The normalized spacial score (nSPS) is 19.5. The molecule has 0 spiro atoms. The van der Waals surface area contributed by atoms with Gasteiger partial charge in [-0.15, -0.1) is 0 Å². The van der Waals surface area contributed by atoms with Crippen molar-refractivity contribution in [3.05, 3.63) is 53.8 Å². The minimum atomic E-state index is 0.218. The summed E-state index contributed by atoms with van der Waals surface area (Å²) in [6.45, 7) is 0.621. The molecule has 0 saturated heterocycles. The topological polar surface area (TPSA) is 52.5 Å². The van der Waals surface area contributed by atoms with Gasteiger partial charge in [0, 0.05) is 18.2 Å². The summed E-state index contributed by atoms with van der Waals surface area (Å²) < 4.78 is 0. The Kier molecular flexibility index (Phi) is 3.27. The van der Waals surface area contributed by atoms with Gasteiger partial charge in [0.1, 0.15) is 11.5 Å². The first kappa shape index (κ1) is 10.8. The van der Waals surface area contributed by atoms with E-state index in [1.54, 1.807) is 24.3 Å². The van der Waals surface area contributed by atoms with Crippen molar-refractivity contribution in [1.29, 1.82) is 0 Å². The van der Waals surface area contributed by atoms with Gasteiger partial charge in [0.15, 0.2) is 0 Å². The molecule has 0 amide bonds. The highest BCUT2D eigenvalue weighted by atomic mass is 16.3. The van der Waals surface area contributed by atoms with Crippen LogP contribution in [0.5, 0.6) is 5.75 Å². The van der Waals surface area contributed by atoms with Crippen LogP contribution < -0.4 is 5.32 Å². The minimum absolute atomic E-state index is 0.218. The third-order valence-electron chi connectivity index (χ3n) is 2.63. The molecule has 0 fully saturated rings. The number of phenolic OH excluding ortho intramolecular Hbond substituents is 1. The third-order valence-corrected chi connectivity index (χ3v) is 2.63. The van der Waals surface area contributed by atoms with Gasteiger partial charge in [-0.2, -0.15) is 0 Å². The number of para-hydroxylation sites is 1. The van der Waals surface area contributed by atoms with Crippen molar-refractivity contribution in [2.75, 3.05) is 0 Å². The van der Waals surface area contributed by atoms with Crippen LogP contribution >= 0.6 is 0 Å². The largest absolute Gasteiger partial charge is 0.508 e. The van der Waals surface area contributed by atoms with Gasteiger partial charge in [-0.25, -0.2) is 0 Å². The van der Waals surface area contributed by atoms with Crippen LogP contribution in [-0.2, 0) is 6.54 Å². The van der Waals surface area contributed by atoms with Crippen molar-refractivity contribution >= 4 is 0 Å². The molecule has 0 radical (unpaired) electrons. The van der Waals surface area contributed by atoms with E-state index in [2.05, 4.69) is 5.32 Å². The van der Waals surface area contributed by atoms with Crippen molar-refractivity contribution in [2.24, 2.45) is 0 Å². The Morgan fingerprint density at radius 2 is 2.06 bits per heavy atom. The molecule has 3 nitrogen and oxygen atoms in total. The molecule has 0 aliphatic heterocycles. The highest BCUT2D eigenvalue weighted by Crippen LogP contribution is 2.16.